The van der Waals surface area contributed by atoms with Gasteiger partial charge in [-0.1, -0.05) is 24.3 Å². The number of hydrogen-bond donors (Lipinski definition) is 2. The second-order valence-corrected chi connectivity index (χ2v) is 4.61. The molecule has 0 radical (unpaired) electrons. The molecular weight excluding hydrogens is 226 g/mol. The van der Waals surface area contributed by atoms with Crippen LogP contribution in [0, 0.1) is 0 Å². The van der Waals surface area contributed by atoms with Gasteiger partial charge in [0.05, 0.1) is 5.56 Å². The Labute approximate surface area is 105 Å². The smallest absolute Gasteiger partial charge is 0.165 e. The van der Waals surface area contributed by atoms with Gasteiger partial charge in [-0.15, -0.1) is 0 Å². The van der Waals surface area contributed by atoms with Crippen molar-refractivity contribution in [1.29, 1.82) is 0 Å². The van der Waals surface area contributed by atoms with Crippen molar-refractivity contribution >= 4 is 11.5 Å². The van der Waals surface area contributed by atoms with Gasteiger partial charge in [0, 0.05) is 17.7 Å². The number of aromatic hydroxyl groups is 1. The molecule has 0 amide bonds. The topological polar surface area (TPSA) is 63.3 Å². The molecule has 0 aromatic heterocycles. The van der Waals surface area contributed by atoms with Crippen molar-refractivity contribution in [2.45, 2.75) is 13.3 Å². The van der Waals surface area contributed by atoms with Gasteiger partial charge in [-0.25, -0.2) is 0 Å². The summed E-state index contributed by atoms with van der Waals surface area (Å²) in [6.45, 7) is 1.42. The van der Waals surface area contributed by atoms with Crippen LogP contribution in [0.1, 0.15) is 28.4 Å². The largest absolute Gasteiger partial charge is 0.507 e. The molecule has 0 spiro atoms. The number of nitrogen functional groups attached to an aromatic ring is 1. The van der Waals surface area contributed by atoms with Gasteiger partial charge in [0.15, 0.2) is 5.78 Å². The van der Waals surface area contributed by atoms with Gasteiger partial charge < -0.3 is 10.8 Å². The molecule has 0 unspecified atom stereocenters. The number of fused-ring (bicyclic) bond motifs is 3. The van der Waals surface area contributed by atoms with E-state index in [4.69, 9.17) is 5.73 Å². The van der Waals surface area contributed by atoms with Crippen molar-refractivity contribution in [3.8, 4) is 16.9 Å². The number of anilines is 1. The number of benzene rings is 2. The van der Waals surface area contributed by atoms with Crippen molar-refractivity contribution < 1.29 is 9.90 Å². The highest BCUT2D eigenvalue weighted by Crippen LogP contribution is 2.44. The molecular formula is C15H13NO2. The van der Waals surface area contributed by atoms with Crippen molar-refractivity contribution in [3.05, 3.63) is 47.0 Å². The van der Waals surface area contributed by atoms with Gasteiger partial charge in [0.1, 0.15) is 5.75 Å². The van der Waals surface area contributed by atoms with E-state index in [1.807, 2.05) is 24.3 Å². The summed E-state index contributed by atoms with van der Waals surface area (Å²) < 4.78 is 0. The summed E-state index contributed by atoms with van der Waals surface area (Å²) in [6.07, 6.45) is 0.651. The fraction of sp³-hybridized carbons (Fsp3) is 0.133. The normalized spacial score (nSPS) is 12.1. The maximum atomic E-state index is 11.5. The first kappa shape index (κ1) is 10.8. The summed E-state index contributed by atoms with van der Waals surface area (Å²) in [6, 6.07) is 9.75. The molecule has 3 nitrogen and oxygen atoms in total. The maximum Gasteiger partial charge on any atom is 0.165 e. The molecule has 2 aromatic rings. The summed E-state index contributed by atoms with van der Waals surface area (Å²) in [7, 11) is 0. The highest BCUT2D eigenvalue weighted by atomic mass is 16.3. The number of carbonyl (C=O) groups is 1. The van der Waals surface area contributed by atoms with E-state index in [1.54, 1.807) is 6.07 Å². The van der Waals surface area contributed by atoms with Gasteiger partial charge in [-0.3, -0.25) is 4.79 Å². The standard InChI is InChI=1S/C15H13NO2/c1-8(17)14-13(16)7-11-10-5-3-2-4-9(10)6-12(11)15(14)18/h2-5,7,18H,6,16H2,1H3. The average molecular weight is 239 g/mol. The fourth-order valence-corrected chi connectivity index (χ4v) is 2.65. The Balaban J connectivity index is 2.31. The Morgan fingerprint density at radius 1 is 1.28 bits per heavy atom. The van der Waals surface area contributed by atoms with Gasteiger partial charge >= 0.3 is 0 Å². The fourth-order valence-electron chi connectivity index (χ4n) is 2.65. The van der Waals surface area contributed by atoms with Crippen LogP contribution in [0.2, 0.25) is 0 Å². The molecule has 0 bridgehead atoms. The van der Waals surface area contributed by atoms with Gasteiger partial charge in [-0.2, -0.15) is 0 Å². The Morgan fingerprint density at radius 2 is 2.00 bits per heavy atom. The van der Waals surface area contributed by atoms with Crippen LogP contribution in [0.5, 0.6) is 5.75 Å². The summed E-state index contributed by atoms with van der Waals surface area (Å²) >= 11 is 0. The van der Waals surface area contributed by atoms with Crippen LogP contribution in [0.4, 0.5) is 5.69 Å². The first-order valence-corrected chi connectivity index (χ1v) is 5.83. The molecule has 0 saturated heterocycles. The zero-order chi connectivity index (χ0) is 12.9. The Bertz CT molecular complexity index is 674. The van der Waals surface area contributed by atoms with E-state index in [0.717, 1.165) is 22.3 Å². The SMILES string of the molecule is CC(=O)c1c(N)cc2c(c1O)Cc1ccccc1-2. The van der Waals surface area contributed by atoms with E-state index in [2.05, 4.69) is 0 Å². The van der Waals surface area contributed by atoms with Crippen molar-refractivity contribution in [2.75, 3.05) is 5.73 Å². The predicted molar refractivity (Wildman–Crippen MR) is 70.8 cm³/mol. The molecule has 3 rings (SSSR count). The van der Waals surface area contributed by atoms with Gasteiger partial charge in [0.25, 0.3) is 0 Å². The van der Waals surface area contributed by atoms with E-state index in [1.165, 1.54) is 6.92 Å². The number of phenolic OH excluding ortho intramolecular Hbond substituents is 1. The minimum Gasteiger partial charge on any atom is -0.507 e. The molecule has 3 N–H and O–H groups in total. The molecule has 0 saturated carbocycles. The molecule has 0 fully saturated rings. The third-order valence-electron chi connectivity index (χ3n) is 3.46. The zero-order valence-corrected chi connectivity index (χ0v) is 10.0. The molecule has 1 aliphatic rings. The lowest BCUT2D eigenvalue weighted by Gasteiger charge is -2.10. The minimum absolute atomic E-state index is 0.0358. The van der Waals surface area contributed by atoms with Crippen LogP contribution in [0.15, 0.2) is 30.3 Å². The second kappa shape index (κ2) is 3.60. The van der Waals surface area contributed by atoms with Gasteiger partial charge in [0.2, 0.25) is 0 Å². The molecule has 0 atom stereocenters. The van der Waals surface area contributed by atoms with Crippen LogP contribution in [-0.4, -0.2) is 10.9 Å². The average Bonchev–Trinajstić information content (AvgIpc) is 2.68. The number of hydrogen-bond acceptors (Lipinski definition) is 3. The second-order valence-electron chi connectivity index (χ2n) is 4.61. The Hall–Kier alpha value is -2.29. The number of nitrogens with two attached hydrogens (primary N) is 1. The molecule has 18 heavy (non-hydrogen) atoms. The highest BCUT2D eigenvalue weighted by Gasteiger charge is 2.25. The first-order chi connectivity index (χ1) is 8.59. The maximum absolute atomic E-state index is 11.5. The van der Waals surface area contributed by atoms with E-state index in [0.29, 0.717) is 12.1 Å². The number of Topliss-reactive ketones (excluding diaryl/α,β-unsaturated/α-hetero) is 1. The summed E-state index contributed by atoms with van der Waals surface area (Å²) in [5, 5.41) is 10.2. The third kappa shape index (κ3) is 1.34. The quantitative estimate of drug-likeness (QED) is 0.507. The van der Waals surface area contributed by atoms with E-state index in [-0.39, 0.29) is 17.1 Å². The van der Waals surface area contributed by atoms with Crippen molar-refractivity contribution in [2.24, 2.45) is 0 Å². The lowest BCUT2D eigenvalue weighted by Crippen LogP contribution is -2.02. The van der Waals surface area contributed by atoms with Crippen LogP contribution in [-0.2, 0) is 6.42 Å². The molecule has 0 aliphatic heterocycles. The van der Waals surface area contributed by atoms with Crippen LogP contribution < -0.4 is 5.73 Å². The minimum atomic E-state index is -0.205. The van der Waals surface area contributed by atoms with Crippen molar-refractivity contribution in [1.82, 2.24) is 0 Å². The van der Waals surface area contributed by atoms with E-state index in [9.17, 15) is 9.90 Å². The lowest BCUT2D eigenvalue weighted by atomic mass is 9.98. The molecule has 2 aromatic carbocycles. The number of carbonyl (C=O) groups excluding carboxylic acids is 1. The first-order valence-electron chi connectivity index (χ1n) is 5.83. The van der Waals surface area contributed by atoms with Crippen molar-refractivity contribution in [3.63, 3.8) is 0 Å². The molecule has 90 valence electrons. The number of phenols is 1. The van der Waals surface area contributed by atoms with Gasteiger partial charge in [-0.05, 0) is 29.7 Å². The molecule has 3 heteroatoms. The van der Waals surface area contributed by atoms with Crippen LogP contribution in [0.3, 0.4) is 0 Å². The number of ketones is 1. The zero-order valence-electron chi connectivity index (χ0n) is 10.0. The summed E-state index contributed by atoms with van der Waals surface area (Å²) in [5.74, 6) is -0.169. The van der Waals surface area contributed by atoms with Crippen LogP contribution in [0.25, 0.3) is 11.1 Å². The number of rotatable bonds is 1. The molecule has 1 aliphatic carbocycles. The predicted octanol–water partition coefficient (Wildman–Crippen LogP) is 2.75. The summed E-state index contributed by atoms with van der Waals surface area (Å²) in [5.41, 5.74) is 10.4. The van der Waals surface area contributed by atoms with Crippen LogP contribution >= 0.6 is 0 Å². The monoisotopic (exact) mass is 239 g/mol. The lowest BCUT2D eigenvalue weighted by molar-refractivity contribution is 0.101. The Morgan fingerprint density at radius 3 is 2.72 bits per heavy atom. The summed E-state index contributed by atoms with van der Waals surface area (Å²) in [4.78, 5) is 11.5. The highest BCUT2D eigenvalue weighted by molar-refractivity contribution is 6.04. The van der Waals surface area contributed by atoms with E-state index < -0.39 is 0 Å². The Kier molecular flexibility index (Phi) is 2.17. The third-order valence-corrected chi connectivity index (χ3v) is 3.46. The van der Waals surface area contributed by atoms with E-state index >= 15 is 0 Å². The molecule has 0 heterocycles.